The van der Waals surface area contributed by atoms with Crippen molar-refractivity contribution in [1.29, 1.82) is 5.26 Å². The number of halogens is 1. The number of nitrogens with zero attached hydrogens (tertiary/aromatic N) is 3. The summed E-state index contributed by atoms with van der Waals surface area (Å²) in [5.74, 6) is -0.145. The summed E-state index contributed by atoms with van der Waals surface area (Å²) < 4.78 is 0. The third kappa shape index (κ3) is 2.00. The second-order valence-electron chi connectivity index (χ2n) is 3.66. The second-order valence-corrected chi connectivity index (χ2v) is 4.04. The minimum Gasteiger partial charge on any atom is -0.323 e. The van der Waals surface area contributed by atoms with Crippen LogP contribution in [0.15, 0.2) is 18.3 Å². The first-order chi connectivity index (χ1) is 7.72. The first-order valence-corrected chi connectivity index (χ1v) is 5.42. The van der Waals surface area contributed by atoms with Crippen molar-refractivity contribution in [2.45, 2.75) is 18.9 Å². The molecule has 0 bridgehead atoms. The Labute approximate surface area is 98.5 Å². The van der Waals surface area contributed by atoms with E-state index in [0.29, 0.717) is 17.3 Å². The Morgan fingerprint density at radius 1 is 1.62 bits per heavy atom. The number of nitriles is 1. The Kier molecular flexibility index (Phi) is 3.07. The largest absolute Gasteiger partial charge is 0.323 e. The lowest BCUT2D eigenvalue weighted by Gasteiger charge is -2.19. The number of carbonyl (C=O) groups excluding carboxylic acids is 1. The Hall–Kier alpha value is -1.60. The standard InChI is InChI=1S/C11H10ClN3O/c12-10-4-3-8(7-14-10)11(16)15-5-1-2-9(15)6-13/h3-4,7,9H,1-2,5H2. The zero-order valence-electron chi connectivity index (χ0n) is 8.56. The average Bonchev–Trinajstić information content (AvgIpc) is 2.77. The van der Waals surface area contributed by atoms with Crippen LogP contribution in [0.1, 0.15) is 23.2 Å². The molecule has 1 aromatic rings. The molecule has 1 aromatic heterocycles. The Morgan fingerprint density at radius 3 is 3.06 bits per heavy atom. The highest BCUT2D eigenvalue weighted by Crippen LogP contribution is 2.19. The molecule has 1 fully saturated rings. The normalized spacial score (nSPS) is 19.5. The fourth-order valence-corrected chi connectivity index (χ4v) is 1.92. The highest BCUT2D eigenvalue weighted by molar-refractivity contribution is 6.29. The lowest BCUT2D eigenvalue weighted by Crippen LogP contribution is -2.34. The Morgan fingerprint density at radius 2 is 2.44 bits per heavy atom. The van der Waals surface area contributed by atoms with Gasteiger partial charge in [0.1, 0.15) is 11.2 Å². The summed E-state index contributed by atoms with van der Waals surface area (Å²) in [6.45, 7) is 0.639. The van der Waals surface area contributed by atoms with E-state index in [1.54, 1.807) is 17.0 Å². The van der Waals surface area contributed by atoms with Crippen LogP contribution in [0.3, 0.4) is 0 Å². The summed E-state index contributed by atoms with van der Waals surface area (Å²) in [6.07, 6.45) is 3.08. The maximum atomic E-state index is 12.0. The number of amides is 1. The van der Waals surface area contributed by atoms with Crippen LogP contribution in [0.4, 0.5) is 0 Å². The lowest BCUT2D eigenvalue weighted by molar-refractivity contribution is 0.0764. The van der Waals surface area contributed by atoms with Crippen LogP contribution >= 0.6 is 11.6 Å². The Balaban J connectivity index is 2.19. The van der Waals surface area contributed by atoms with E-state index in [4.69, 9.17) is 16.9 Å². The van der Waals surface area contributed by atoms with Crippen molar-refractivity contribution < 1.29 is 4.79 Å². The van der Waals surface area contributed by atoms with Crippen LogP contribution in [0.25, 0.3) is 0 Å². The molecule has 0 aromatic carbocycles. The smallest absolute Gasteiger partial charge is 0.256 e. The van der Waals surface area contributed by atoms with Gasteiger partial charge in [-0.3, -0.25) is 4.79 Å². The summed E-state index contributed by atoms with van der Waals surface area (Å²) in [5, 5.41) is 9.25. The van der Waals surface area contributed by atoms with Crippen molar-refractivity contribution in [2.24, 2.45) is 0 Å². The number of aromatic nitrogens is 1. The van der Waals surface area contributed by atoms with Crippen molar-refractivity contribution in [2.75, 3.05) is 6.54 Å². The van der Waals surface area contributed by atoms with Crippen LogP contribution in [0.5, 0.6) is 0 Å². The molecule has 1 amide bonds. The topological polar surface area (TPSA) is 57.0 Å². The highest BCUT2D eigenvalue weighted by Gasteiger charge is 2.29. The zero-order chi connectivity index (χ0) is 11.5. The van der Waals surface area contributed by atoms with E-state index in [0.717, 1.165) is 12.8 Å². The molecule has 82 valence electrons. The molecule has 1 saturated heterocycles. The number of hydrogen-bond donors (Lipinski definition) is 0. The zero-order valence-corrected chi connectivity index (χ0v) is 9.31. The Bertz CT molecular complexity index is 438. The molecule has 0 aliphatic carbocycles. The fraction of sp³-hybridized carbons (Fsp3) is 0.364. The molecule has 1 atom stereocenters. The van der Waals surface area contributed by atoms with Crippen LogP contribution in [0.2, 0.25) is 5.15 Å². The van der Waals surface area contributed by atoms with Crippen molar-refractivity contribution in [3.8, 4) is 6.07 Å². The van der Waals surface area contributed by atoms with Crippen LogP contribution < -0.4 is 0 Å². The minimum absolute atomic E-state index is 0.145. The van der Waals surface area contributed by atoms with Crippen LogP contribution in [-0.4, -0.2) is 28.4 Å². The van der Waals surface area contributed by atoms with Gasteiger partial charge in [-0.25, -0.2) is 4.98 Å². The quantitative estimate of drug-likeness (QED) is 0.698. The number of likely N-dealkylation sites (tertiary alicyclic amines) is 1. The molecule has 0 spiro atoms. The van der Waals surface area contributed by atoms with E-state index in [1.165, 1.54) is 6.20 Å². The van der Waals surface area contributed by atoms with E-state index >= 15 is 0 Å². The number of carbonyl (C=O) groups is 1. The monoisotopic (exact) mass is 235 g/mol. The summed E-state index contributed by atoms with van der Waals surface area (Å²) in [6, 6.07) is 5.04. The molecule has 1 aliphatic rings. The van der Waals surface area contributed by atoms with E-state index in [1.807, 2.05) is 0 Å². The first-order valence-electron chi connectivity index (χ1n) is 5.04. The maximum Gasteiger partial charge on any atom is 0.256 e. The minimum atomic E-state index is -0.303. The van der Waals surface area contributed by atoms with E-state index < -0.39 is 0 Å². The molecular formula is C11H10ClN3O. The average molecular weight is 236 g/mol. The van der Waals surface area contributed by atoms with E-state index in [9.17, 15) is 4.79 Å². The van der Waals surface area contributed by atoms with Gasteiger partial charge in [-0.2, -0.15) is 5.26 Å². The molecule has 2 rings (SSSR count). The molecule has 1 aliphatic heterocycles. The summed E-state index contributed by atoms with van der Waals surface area (Å²) >= 11 is 5.64. The van der Waals surface area contributed by atoms with E-state index in [2.05, 4.69) is 11.1 Å². The van der Waals surface area contributed by atoms with Gasteiger partial charge in [-0.05, 0) is 25.0 Å². The SMILES string of the molecule is N#CC1CCCN1C(=O)c1ccc(Cl)nc1. The summed E-state index contributed by atoms with van der Waals surface area (Å²) in [5.41, 5.74) is 0.478. The third-order valence-electron chi connectivity index (χ3n) is 2.64. The highest BCUT2D eigenvalue weighted by atomic mass is 35.5. The lowest BCUT2D eigenvalue weighted by atomic mass is 10.2. The molecule has 0 saturated carbocycles. The van der Waals surface area contributed by atoms with Gasteiger partial charge in [0, 0.05) is 12.7 Å². The van der Waals surface area contributed by atoms with Crippen LogP contribution in [0, 0.1) is 11.3 Å². The molecule has 4 nitrogen and oxygen atoms in total. The number of rotatable bonds is 1. The molecule has 1 unspecified atom stereocenters. The van der Waals surface area contributed by atoms with Gasteiger partial charge in [-0.1, -0.05) is 11.6 Å². The number of hydrogen-bond acceptors (Lipinski definition) is 3. The van der Waals surface area contributed by atoms with Crippen molar-refractivity contribution in [1.82, 2.24) is 9.88 Å². The van der Waals surface area contributed by atoms with Crippen molar-refractivity contribution >= 4 is 17.5 Å². The molecular weight excluding hydrogens is 226 g/mol. The molecule has 2 heterocycles. The molecule has 5 heteroatoms. The third-order valence-corrected chi connectivity index (χ3v) is 2.86. The first kappa shape index (κ1) is 10.9. The van der Waals surface area contributed by atoms with Gasteiger partial charge >= 0.3 is 0 Å². The van der Waals surface area contributed by atoms with Gasteiger partial charge in [-0.15, -0.1) is 0 Å². The predicted molar refractivity (Wildman–Crippen MR) is 58.9 cm³/mol. The van der Waals surface area contributed by atoms with Gasteiger partial charge in [0.05, 0.1) is 11.6 Å². The van der Waals surface area contributed by atoms with Gasteiger partial charge in [0.25, 0.3) is 5.91 Å². The van der Waals surface area contributed by atoms with Gasteiger partial charge in [0.15, 0.2) is 0 Å². The van der Waals surface area contributed by atoms with Crippen molar-refractivity contribution in [3.05, 3.63) is 29.0 Å². The predicted octanol–water partition coefficient (Wildman–Crippen LogP) is 1.86. The van der Waals surface area contributed by atoms with Gasteiger partial charge in [0.2, 0.25) is 0 Å². The van der Waals surface area contributed by atoms with E-state index in [-0.39, 0.29) is 11.9 Å². The van der Waals surface area contributed by atoms with Crippen molar-refractivity contribution in [3.63, 3.8) is 0 Å². The summed E-state index contributed by atoms with van der Waals surface area (Å²) in [4.78, 5) is 17.5. The number of pyridine rings is 1. The molecule has 16 heavy (non-hydrogen) atoms. The molecule has 0 N–H and O–H groups in total. The summed E-state index contributed by atoms with van der Waals surface area (Å²) in [7, 11) is 0. The maximum absolute atomic E-state index is 12.0. The fourth-order valence-electron chi connectivity index (χ4n) is 1.81. The van der Waals surface area contributed by atoms with Crippen LogP contribution in [-0.2, 0) is 0 Å². The molecule has 0 radical (unpaired) electrons. The second kappa shape index (κ2) is 4.50. The van der Waals surface area contributed by atoms with Gasteiger partial charge < -0.3 is 4.90 Å².